The molecule has 2 aromatic rings. The molecular formula is C12H11F2N3O. The maximum absolute atomic E-state index is 13.0. The highest BCUT2D eigenvalue weighted by Gasteiger charge is 2.15. The molecule has 0 aliphatic carbocycles. The Morgan fingerprint density at radius 2 is 1.94 bits per heavy atom. The van der Waals surface area contributed by atoms with Crippen molar-refractivity contribution in [2.75, 3.05) is 5.73 Å². The molecule has 18 heavy (non-hydrogen) atoms. The number of carbonyl (C=O) groups is 1. The Bertz CT molecular complexity index is 587. The molecule has 94 valence electrons. The molecule has 2 rings (SSSR count). The van der Waals surface area contributed by atoms with Crippen LogP contribution in [0.4, 0.5) is 14.6 Å². The second-order valence-electron chi connectivity index (χ2n) is 3.94. The van der Waals surface area contributed by atoms with Crippen LogP contribution in [0.1, 0.15) is 15.9 Å². The Morgan fingerprint density at radius 3 is 2.44 bits per heavy atom. The average molecular weight is 251 g/mol. The first-order valence-electron chi connectivity index (χ1n) is 5.23. The second kappa shape index (κ2) is 4.56. The molecular weight excluding hydrogens is 240 g/mol. The summed E-state index contributed by atoms with van der Waals surface area (Å²) in [6.07, 6.45) is 1.22. The number of Topliss-reactive ketones (excluding diaryl/α,β-unsaturated/α-hetero) is 1. The normalized spacial score (nSPS) is 10.6. The number of aryl methyl sites for hydroxylation is 1. The molecule has 6 heteroatoms. The summed E-state index contributed by atoms with van der Waals surface area (Å²) in [5.41, 5.74) is 6.17. The predicted molar refractivity (Wildman–Crippen MR) is 62.0 cm³/mol. The lowest BCUT2D eigenvalue weighted by Gasteiger charge is -2.02. The topological polar surface area (TPSA) is 60.9 Å². The number of nitrogens with zero attached hydrogens (tertiary/aromatic N) is 2. The zero-order chi connectivity index (χ0) is 13.3. The van der Waals surface area contributed by atoms with Crippen LogP contribution in [0, 0.1) is 11.6 Å². The third kappa shape index (κ3) is 2.37. The lowest BCUT2D eigenvalue weighted by molar-refractivity contribution is 0.0993. The number of nitrogens with two attached hydrogens (primary N) is 1. The largest absolute Gasteiger partial charge is 0.383 e. The van der Waals surface area contributed by atoms with Gasteiger partial charge < -0.3 is 5.73 Å². The van der Waals surface area contributed by atoms with E-state index in [1.165, 1.54) is 10.9 Å². The number of anilines is 1. The fraction of sp³-hybridized carbons (Fsp3) is 0.167. The SMILES string of the molecule is Cn1ncc(C(=O)Cc2cc(F)cc(F)c2)c1N. The van der Waals surface area contributed by atoms with Crippen molar-refractivity contribution in [3.63, 3.8) is 0 Å². The van der Waals surface area contributed by atoms with Gasteiger partial charge in [-0.1, -0.05) is 0 Å². The van der Waals surface area contributed by atoms with E-state index in [0.717, 1.165) is 18.2 Å². The van der Waals surface area contributed by atoms with E-state index < -0.39 is 11.6 Å². The van der Waals surface area contributed by atoms with E-state index in [0.29, 0.717) is 0 Å². The first-order valence-corrected chi connectivity index (χ1v) is 5.23. The highest BCUT2D eigenvalue weighted by atomic mass is 19.1. The lowest BCUT2D eigenvalue weighted by Crippen LogP contribution is -2.07. The molecule has 0 aliphatic heterocycles. The molecule has 0 fully saturated rings. The van der Waals surface area contributed by atoms with Gasteiger partial charge in [-0.05, 0) is 17.7 Å². The van der Waals surface area contributed by atoms with E-state index >= 15 is 0 Å². The molecule has 1 heterocycles. The van der Waals surface area contributed by atoms with Gasteiger partial charge in [-0.3, -0.25) is 9.48 Å². The van der Waals surface area contributed by atoms with Crippen molar-refractivity contribution in [3.8, 4) is 0 Å². The Kier molecular flexibility index (Phi) is 3.10. The molecule has 4 nitrogen and oxygen atoms in total. The monoisotopic (exact) mass is 251 g/mol. The highest BCUT2D eigenvalue weighted by molar-refractivity contribution is 6.01. The predicted octanol–water partition coefficient (Wildman–Crippen LogP) is 1.71. The van der Waals surface area contributed by atoms with E-state index in [4.69, 9.17) is 5.73 Å². The number of aromatic nitrogens is 2. The first-order chi connectivity index (χ1) is 8.47. The fourth-order valence-electron chi connectivity index (χ4n) is 1.66. The summed E-state index contributed by atoms with van der Waals surface area (Å²) in [5.74, 6) is -1.52. The number of carbonyl (C=O) groups excluding carboxylic acids is 1. The molecule has 2 N–H and O–H groups in total. The molecule has 0 radical (unpaired) electrons. The summed E-state index contributed by atoms with van der Waals surface area (Å²) >= 11 is 0. The summed E-state index contributed by atoms with van der Waals surface area (Å²) in [4.78, 5) is 11.9. The van der Waals surface area contributed by atoms with Crippen LogP contribution in [0.25, 0.3) is 0 Å². The number of halogens is 2. The number of rotatable bonds is 3. The molecule has 1 aromatic heterocycles. The molecule has 0 spiro atoms. The number of hydrogen-bond donors (Lipinski definition) is 1. The van der Waals surface area contributed by atoms with Crippen molar-refractivity contribution >= 4 is 11.6 Å². The Morgan fingerprint density at radius 1 is 1.33 bits per heavy atom. The van der Waals surface area contributed by atoms with Gasteiger partial charge in [-0.15, -0.1) is 0 Å². The molecule has 0 aliphatic rings. The lowest BCUT2D eigenvalue weighted by atomic mass is 10.0. The van der Waals surface area contributed by atoms with Gasteiger partial charge >= 0.3 is 0 Å². The molecule has 1 aromatic carbocycles. The minimum absolute atomic E-state index is 0.120. The number of hydrogen-bond acceptors (Lipinski definition) is 3. The molecule has 0 unspecified atom stereocenters. The Hall–Kier alpha value is -2.24. The van der Waals surface area contributed by atoms with E-state index in [9.17, 15) is 13.6 Å². The number of benzene rings is 1. The summed E-state index contributed by atoms with van der Waals surface area (Å²) < 4.78 is 27.3. The van der Waals surface area contributed by atoms with Crippen molar-refractivity contribution in [1.82, 2.24) is 9.78 Å². The van der Waals surface area contributed by atoms with Crippen LogP contribution >= 0.6 is 0 Å². The maximum Gasteiger partial charge on any atom is 0.172 e. The minimum atomic E-state index is -0.711. The van der Waals surface area contributed by atoms with Gasteiger partial charge in [0.05, 0.1) is 11.8 Å². The van der Waals surface area contributed by atoms with Gasteiger partial charge in [-0.25, -0.2) is 8.78 Å². The maximum atomic E-state index is 13.0. The van der Waals surface area contributed by atoms with Gasteiger partial charge in [0, 0.05) is 19.5 Å². The van der Waals surface area contributed by atoms with Crippen LogP contribution in [-0.4, -0.2) is 15.6 Å². The quantitative estimate of drug-likeness (QED) is 0.845. The Labute approximate surface area is 102 Å². The van der Waals surface area contributed by atoms with Gasteiger partial charge in [0.15, 0.2) is 5.78 Å². The van der Waals surface area contributed by atoms with E-state index in [1.807, 2.05) is 0 Å². The fourth-order valence-corrected chi connectivity index (χ4v) is 1.66. The van der Waals surface area contributed by atoms with E-state index in [2.05, 4.69) is 5.10 Å². The van der Waals surface area contributed by atoms with Gasteiger partial charge in [0.2, 0.25) is 0 Å². The molecule has 0 amide bonds. The van der Waals surface area contributed by atoms with Gasteiger partial charge in [0.25, 0.3) is 0 Å². The summed E-state index contributed by atoms with van der Waals surface area (Å²) in [6.45, 7) is 0. The van der Waals surface area contributed by atoms with Crippen molar-refractivity contribution < 1.29 is 13.6 Å². The zero-order valence-corrected chi connectivity index (χ0v) is 9.65. The minimum Gasteiger partial charge on any atom is -0.383 e. The number of nitrogen functional groups attached to an aromatic ring is 1. The van der Waals surface area contributed by atoms with Crippen molar-refractivity contribution in [2.24, 2.45) is 7.05 Å². The van der Waals surface area contributed by atoms with Crippen LogP contribution in [-0.2, 0) is 13.5 Å². The van der Waals surface area contributed by atoms with Crippen molar-refractivity contribution in [3.05, 3.63) is 47.2 Å². The summed E-state index contributed by atoms with van der Waals surface area (Å²) in [6, 6.07) is 2.99. The van der Waals surface area contributed by atoms with Crippen LogP contribution in [0.3, 0.4) is 0 Å². The summed E-state index contributed by atoms with van der Waals surface area (Å²) in [7, 11) is 1.61. The third-order valence-corrected chi connectivity index (χ3v) is 2.57. The van der Waals surface area contributed by atoms with Gasteiger partial charge in [0.1, 0.15) is 17.5 Å². The highest BCUT2D eigenvalue weighted by Crippen LogP contribution is 2.15. The molecule has 0 bridgehead atoms. The second-order valence-corrected chi connectivity index (χ2v) is 3.94. The molecule has 0 saturated carbocycles. The average Bonchev–Trinajstić information content (AvgIpc) is 2.58. The van der Waals surface area contributed by atoms with Gasteiger partial charge in [-0.2, -0.15) is 5.10 Å². The molecule has 0 saturated heterocycles. The Balaban J connectivity index is 2.24. The third-order valence-electron chi connectivity index (χ3n) is 2.57. The zero-order valence-electron chi connectivity index (χ0n) is 9.65. The number of ketones is 1. The van der Waals surface area contributed by atoms with Crippen LogP contribution in [0.15, 0.2) is 24.4 Å². The molecule has 0 atom stereocenters. The summed E-state index contributed by atoms with van der Waals surface area (Å²) in [5, 5.41) is 3.84. The van der Waals surface area contributed by atoms with Crippen molar-refractivity contribution in [1.29, 1.82) is 0 Å². The van der Waals surface area contributed by atoms with Crippen LogP contribution < -0.4 is 5.73 Å². The van der Waals surface area contributed by atoms with Crippen molar-refractivity contribution in [2.45, 2.75) is 6.42 Å². The van der Waals surface area contributed by atoms with Crippen LogP contribution in [0.5, 0.6) is 0 Å². The van der Waals surface area contributed by atoms with E-state index in [-0.39, 0.29) is 29.1 Å². The standard InChI is InChI=1S/C12H11F2N3O/c1-17-12(15)10(6-16-17)11(18)4-7-2-8(13)5-9(14)3-7/h2-3,5-6H,4,15H2,1H3. The van der Waals surface area contributed by atoms with Crippen LogP contribution in [0.2, 0.25) is 0 Å². The van der Waals surface area contributed by atoms with E-state index in [1.54, 1.807) is 7.05 Å². The first kappa shape index (κ1) is 12.2. The smallest absolute Gasteiger partial charge is 0.172 e.